The molecular formula is C39H51N19O10. The highest BCUT2D eigenvalue weighted by molar-refractivity contribution is 5.88. The molecule has 0 saturated carbocycles. The number of nitrogens with zero attached hydrogens (tertiary/aromatic N) is 10. The van der Waals surface area contributed by atoms with Gasteiger partial charge in [-0.25, -0.2) is 29.5 Å². The van der Waals surface area contributed by atoms with Crippen LogP contribution in [-0.4, -0.2) is 160 Å². The minimum Gasteiger partial charge on any atom is -0.480 e. The smallest absolute Gasteiger partial charge is 0.407 e. The van der Waals surface area contributed by atoms with Crippen LogP contribution in [0.5, 0.6) is 0 Å². The highest BCUT2D eigenvalue weighted by atomic mass is 16.5. The Labute approximate surface area is 385 Å². The first-order valence-corrected chi connectivity index (χ1v) is 20.8. The van der Waals surface area contributed by atoms with E-state index in [9.17, 15) is 43.5 Å². The van der Waals surface area contributed by atoms with Crippen LogP contribution in [0, 0.1) is 0 Å². The van der Waals surface area contributed by atoms with E-state index in [0.717, 1.165) is 10.5 Å². The number of aromatic amines is 1. The maximum atomic E-state index is 13.8. The highest BCUT2D eigenvalue weighted by Crippen LogP contribution is 2.14. The normalized spacial score (nSPS) is 11.3. The number of aliphatic carboxylic acids is 1. The average molecular weight is 946 g/mol. The summed E-state index contributed by atoms with van der Waals surface area (Å²) in [7, 11) is 0. The lowest BCUT2D eigenvalue weighted by molar-refractivity contribution is -0.142. The number of ether oxygens (including phenoxy) is 1. The lowest BCUT2D eigenvalue weighted by atomic mass is 10.1. The fourth-order valence-electron chi connectivity index (χ4n) is 6.38. The van der Waals surface area contributed by atoms with Crippen molar-refractivity contribution in [2.75, 3.05) is 63.8 Å². The lowest BCUT2D eigenvalue weighted by Crippen LogP contribution is -2.48. The number of hydrogen-bond donors (Lipinski definition) is 10. The number of nitrogen functional groups attached to an aromatic ring is 2. The van der Waals surface area contributed by atoms with Crippen LogP contribution in [0.1, 0.15) is 24.8 Å². The summed E-state index contributed by atoms with van der Waals surface area (Å²) >= 11 is 0. The summed E-state index contributed by atoms with van der Waals surface area (Å²) in [6.07, 6.45) is 2.97. The van der Waals surface area contributed by atoms with E-state index in [-0.39, 0.29) is 112 Å². The predicted octanol–water partition coefficient (Wildman–Crippen LogP) is -4.05. The zero-order valence-corrected chi connectivity index (χ0v) is 36.5. The van der Waals surface area contributed by atoms with Crippen molar-refractivity contribution >= 4 is 81.7 Å². The second-order valence-corrected chi connectivity index (χ2v) is 14.8. The van der Waals surface area contributed by atoms with Gasteiger partial charge in [0.15, 0.2) is 28.6 Å². The molecule has 5 aromatic rings. The lowest BCUT2D eigenvalue weighted by Gasteiger charge is -2.24. The van der Waals surface area contributed by atoms with Crippen LogP contribution in [-0.2, 0) is 53.2 Å². The van der Waals surface area contributed by atoms with Crippen LogP contribution in [0.3, 0.4) is 0 Å². The molecule has 4 aromatic heterocycles. The number of H-pyrrole nitrogens is 1. The van der Waals surface area contributed by atoms with Crippen molar-refractivity contribution in [3.05, 3.63) is 65.2 Å². The Morgan fingerprint density at radius 1 is 0.794 bits per heavy atom. The van der Waals surface area contributed by atoms with Crippen molar-refractivity contribution in [2.45, 2.75) is 45.0 Å². The third kappa shape index (κ3) is 15.1. The monoisotopic (exact) mass is 945 g/mol. The van der Waals surface area contributed by atoms with Crippen molar-refractivity contribution in [3.8, 4) is 0 Å². The Kier molecular flexibility index (Phi) is 18.0. The molecule has 0 spiro atoms. The number of imidazole rings is 2. The van der Waals surface area contributed by atoms with Crippen molar-refractivity contribution < 1.29 is 43.4 Å². The van der Waals surface area contributed by atoms with Crippen LogP contribution < -0.4 is 49.8 Å². The predicted molar refractivity (Wildman–Crippen MR) is 240 cm³/mol. The largest absolute Gasteiger partial charge is 0.480 e. The molecule has 362 valence electrons. The molecule has 68 heavy (non-hydrogen) atoms. The maximum Gasteiger partial charge on any atom is 0.407 e. The topological polar surface area (TPSA) is 427 Å². The molecule has 14 N–H and O–H groups in total. The zero-order chi connectivity index (χ0) is 49.2. The van der Waals surface area contributed by atoms with Gasteiger partial charge in [-0.15, -0.1) is 0 Å². The van der Waals surface area contributed by atoms with Gasteiger partial charge in [-0.05, 0) is 18.4 Å². The Morgan fingerprint density at radius 2 is 1.41 bits per heavy atom. The van der Waals surface area contributed by atoms with Crippen LogP contribution in [0.25, 0.3) is 22.3 Å². The fourth-order valence-corrected chi connectivity index (χ4v) is 6.38. The first-order chi connectivity index (χ1) is 32.6. The summed E-state index contributed by atoms with van der Waals surface area (Å²) in [6.45, 7) is -2.72. The number of hydrogen-bond acceptors (Lipinski definition) is 17. The van der Waals surface area contributed by atoms with Crippen molar-refractivity contribution in [2.24, 2.45) is 16.5 Å². The Hall–Kier alpha value is -8.92. The number of carboxylic acid groups (broad SMARTS) is 1. The third-order valence-corrected chi connectivity index (χ3v) is 9.73. The number of fused-ring (bicyclic) bond motifs is 2. The number of carbonyl (C=O) groups is 7. The van der Waals surface area contributed by atoms with Gasteiger partial charge in [0.1, 0.15) is 37.6 Å². The number of carbonyl (C=O) groups excluding carboxylic acids is 6. The van der Waals surface area contributed by atoms with E-state index in [0.29, 0.717) is 0 Å². The van der Waals surface area contributed by atoms with E-state index < -0.39 is 72.8 Å². The molecule has 6 amide bonds. The second-order valence-electron chi connectivity index (χ2n) is 14.8. The van der Waals surface area contributed by atoms with Gasteiger partial charge in [-0.3, -0.25) is 38.7 Å². The molecule has 0 aliphatic heterocycles. The minimum atomic E-state index is -1.28. The maximum absolute atomic E-state index is 13.8. The number of alkyl carbamates (subject to hydrolysis) is 1. The minimum absolute atomic E-state index is 0.00160. The number of guanidine groups is 1. The van der Waals surface area contributed by atoms with Gasteiger partial charge in [0.2, 0.25) is 35.5 Å². The number of aliphatic imine (C=N–C) groups is 1. The quantitative estimate of drug-likeness (QED) is 0.0151. The average Bonchev–Trinajstić information content (AvgIpc) is 3.90. The molecule has 29 nitrogen and oxygen atoms in total. The number of rotatable bonds is 25. The van der Waals surface area contributed by atoms with Crippen LogP contribution >= 0.6 is 0 Å². The number of nitrogens with one attached hydrogen (secondary N) is 5. The number of carboxylic acids is 1. The SMILES string of the molecule is NC(N)=NCCC[C@H](NC(=O)CCNC(=O)CN(CCNC(=O)CN(CCNC(=O)OCc1ccccc1)C(=O)Cn1cnc2c(N)ncnc21)C(=O)Cn1cnc2c(=O)[nH]c(N)nc21)C(=O)O. The molecule has 0 aliphatic rings. The van der Waals surface area contributed by atoms with Gasteiger partial charge in [0.25, 0.3) is 5.56 Å². The number of amides is 6. The first kappa shape index (κ1) is 50.1. The number of benzene rings is 1. The summed E-state index contributed by atoms with van der Waals surface area (Å²) in [4.78, 5) is 132. The summed E-state index contributed by atoms with van der Waals surface area (Å²) in [5.41, 5.74) is 22.7. The van der Waals surface area contributed by atoms with Crippen LogP contribution in [0.15, 0.2) is 59.1 Å². The first-order valence-electron chi connectivity index (χ1n) is 20.8. The van der Waals surface area contributed by atoms with Crippen molar-refractivity contribution in [3.63, 3.8) is 0 Å². The van der Waals surface area contributed by atoms with Gasteiger partial charge < -0.3 is 73.0 Å². The zero-order valence-electron chi connectivity index (χ0n) is 36.5. The van der Waals surface area contributed by atoms with Crippen molar-refractivity contribution in [1.29, 1.82) is 0 Å². The molecule has 0 saturated heterocycles. The van der Waals surface area contributed by atoms with E-state index in [1.807, 2.05) is 6.07 Å². The van der Waals surface area contributed by atoms with Gasteiger partial charge >= 0.3 is 12.1 Å². The molecule has 5 rings (SSSR count). The summed E-state index contributed by atoms with van der Waals surface area (Å²) < 4.78 is 7.91. The van der Waals surface area contributed by atoms with E-state index in [4.69, 9.17) is 27.7 Å². The molecule has 4 heterocycles. The Balaban J connectivity index is 1.21. The van der Waals surface area contributed by atoms with Crippen LogP contribution in [0.4, 0.5) is 16.6 Å². The van der Waals surface area contributed by atoms with Gasteiger partial charge in [-0.1, -0.05) is 30.3 Å². The molecule has 0 unspecified atom stereocenters. The van der Waals surface area contributed by atoms with E-state index >= 15 is 0 Å². The molecule has 0 aliphatic carbocycles. The molecule has 29 heteroatoms. The molecule has 0 bridgehead atoms. The standard InChI is InChI=1S/C39H51N19O10/c40-32-30-33(49-20-48-32)57(21-50-30)17-28(62)56(14-12-47-39(67)68-19-23-5-2-1-3-6-23)16-27(61)45-11-13-55(29(63)18-58-22-51-31-34(58)53-38(43)54-35(31)64)15-26(60)44-10-8-25(59)52-24(36(65)66)7-4-9-46-37(41)42/h1-3,5-6,20-22,24H,4,7-19H2,(H,44,60)(H,45,61)(H,47,67)(H,52,59)(H,65,66)(H2,40,48,49)(H4,41,42,46)(H3,43,53,54,64)/t24-/m0/s1. The summed E-state index contributed by atoms with van der Waals surface area (Å²) in [5.74, 6) is -4.90. The number of anilines is 2. The third-order valence-electron chi connectivity index (χ3n) is 9.73. The van der Waals surface area contributed by atoms with Crippen LogP contribution in [0.2, 0.25) is 0 Å². The molecule has 0 fully saturated rings. The summed E-state index contributed by atoms with van der Waals surface area (Å²) in [5, 5.41) is 19.6. The van der Waals surface area contributed by atoms with Crippen molar-refractivity contribution in [1.82, 2.24) is 70.1 Å². The highest BCUT2D eigenvalue weighted by Gasteiger charge is 2.24. The Morgan fingerprint density at radius 3 is 2.06 bits per heavy atom. The fraction of sp³-hybridized carbons (Fsp3) is 0.385. The van der Waals surface area contributed by atoms with E-state index in [2.05, 4.69) is 56.2 Å². The molecule has 1 aromatic carbocycles. The molecular weight excluding hydrogens is 895 g/mol. The molecule has 1 atom stereocenters. The van der Waals surface area contributed by atoms with E-state index in [1.165, 1.54) is 33.0 Å². The Bertz CT molecular complexity index is 2680. The van der Waals surface area contributed by atoms with Gasteiger partial charge in [0.05, 0.1) is 25.7 Å². The summed E-state index contributed by atoms with van der Waals surface area (Å²) in [6, 6.07) is 7.72. The number of aromatic nitrogens is 8. The second kappa shape index (κ2) is 24.4. The molecule has 0 radical (unpaired) electrons. The van der Waals surface area contributed by atoms with Gasteiger partial charge in [0, 0.05) is 45.7 Å². The van der Waals surface area contributed by atoms with Gasteiger partial charge in [-0.2, -0.15) is 4.98 Å². The van der Waals surface area contributed by atoms with E-state index in [1.54, 1.807) is 24.3 Å². The number of nitrogens with two attached hydrogens (primary N) is 4.